The van der Waals surface area contributed by atoms with E-state index in [1.807, 2.05) is 39.8 Å². The van der Waals surface area contributed by atoms with Crippen molar-refractivity contribution in [3.63, 3.8) is 0 Å². The fourth-order valence-corrected chi connectivity index (χ4v) is 4.41. The van der Waals surface area contributed by atoms with Crippen molar-refractivity contribution >= 4 is 39.7 Å². The third-order valence-corrected chi connectivity index (χ3v) is 6.11. The number of aryl methyl sites for hydroxylation is 5. The van der Waals surface area contributed by atoms with Crippen molar-refractivity contribution in [3.05, 3.63) is 98.5 Å². The third-order valence-electron chi connectivity index (χ3n) is 6.11. The molecule has 1 N–H and O–H groups in total. The molecule has 0 aliphatic carbocycles. The van der Waals surface area contributed by atoms with Crippen LogP contribution in [0.4, 0.5) is 5.82 Å². The molecule has 0 saturated heterocycles. The van der Waals surface area contributed by atoms with Gasteiger partial charge in [0.05, 0.1) is 22.2 Å². The molecule has 3 aromatic heterocycles. The highest BCUT2D eigenvalue weighted by Crippen LogP contribution is 2.26. The lowest BCUT2D eigenvalue weighted by Crippen LogP contribution is -2.13. The van der Waals surface area contributed by atoms with Crippen molar-refractivity contribution in [2.24, 2.45) is 0 Å². The highest BCUT2D eigenvalue weighted by atomic mass is 16.3. The van der Waals surface area contributed by atoms with E-state index in [0.29, 0.717) is 28.2 Å². The van der Waals surface area contributed by atoms with Crippen LogP contribution in [0, 0.1) is 34.6 Å². The molecule has 0 bridgehead atoms. The maximum atomic E-state index is 12.8. The standard InChI is InChI=1S/C29H26N4O3/c1-16-6-8-24-23(11-16)29(35)21(15-36-24)7-9-27(34)30-26-14-20(5)32-33(26)25-13-18(3)22-12-17(2)10-19(4)28(22)31-25/h6-15H,1-5H3,(H,30,34)/b9-7+. The number of nitrogens with one attached hydrogen (secondary N) is 1. The molecule has 7 nitrogen and oxygen atoms in total. The number of pyridine rings is 1. The predicted molar refractivity (Wildman–Crippen MR) is 143 cm³/mol. The molecule has 0 spiro atoms. The molecule has 5 aromatic rings. The smallest absolute Gasteiger partial charge is 0.249 e. The van der Waals surface area contributed by atoms with Gasteiger partial charge in [-0.15, -0.1) is 0 Å². The number of anilines is 1. The van der Waals surface area contributed by atoms with Gasteiger partial charge < -0.3 is 9.73 Å². The summed E-state index contributed by atoms with van der Waals surface area (Å²) < 4.78 is 7.19. The van der Waals surface area contributed by atoms with Gasteiger partial charge in [0.1, 0.15) is 17.7 Å². The van der Waals surface area contributed by atoms with E-state index in [-0.39, 0.29) is 5.43 Å². The van der Waals surface area contributed by atoms with Gasteiger partial charge in [-0.25, -0.2) is 4.98 Å². The minimum Gasteiger partial charge on any atom is -0.463 e. The first-order valence-electron chi connectivity index (χ1n) is 11.7. The van der Waals surface area contributed by atoms with E-state index in [9.17, 15) is 9.59 Å². The third kappa shape index (κ3) is 4.31. The van der Waals surface area contributed by atoms with Crippen LogP contribution in [0.1, 0.15) is 33.5 Å². The normalized spacial score (nSPS) is 11.6. The first-order valence-corrected chi connectivity index (χ1v) is 11.7. The molecular weight excluding hydrogens is 452 g/mol. The number of aromatic nitrogens is 3. The molecule has 1 amide bonds. The Balaban J connectivity index is 1.46. The van der Waals surface area contributed by atoms with Crippen molar-refractivity contribution in [1.29, 1.82) is 0 Å². The zero-order valence-corrected chi connectivity index (χ0v) is 20.8. The molecular formula is C29H26N4O3. The first-order chi connectivity index (χ1) is 17.2. The Morgan fingerprint density at radius 3 is 2.53 bits per heavy atom. The fraction of sp³-hybridized carbons (Fsp3) is 0.172. The van der Waals surface area contributed by atoms with Crippen molar-refractivity contribution in [1.82, 2.24) is 14.8 Å². The number of fused-ring (bicyclic) bond motifs is 2. The molecule has 0 unspecified atom stereocenters. The van der Waals surface area contributed by atoms with Crippen molar-refractivity contribution in [3.8, 4) is 5.82 Å². The average molecular weight is 479 g/mol. The molecule has 0 radical (unpaired) electrons. The molecule has 5 rings (SSSR count). The maximum absolute atomic E-state index is 12.8. The summed E-state index contributed by atoms with van der Waals surface area (Å²) in [6.07, 6.45) is 4.14. The summed E-state index contributed by atoms with van der Waals surface area (Å²) in [6, 6.07) is 13.4. The van der Waals surface area contributed by atoms with Crippen LogP contribution in [0.25, 0.3) is 33.8 Å². The van der Waals surface area contributed by atoms with Gasteiger partial charge >= 0.3 is 0 Å². The fourth-order valence-electron chi connectivity index (χ4n) is 4.41. The van der Waals surface area contributed by atoms with Gasteiger partial charge in [0.2, 0.25) is 5.91 Å². The molecule has 180 valence electrons. The van der Waals surface area contributed by atoms with Gasteiger partial charge in [0.15, 0.2) is 11.2 Å². The Kier molecular flexibility index (Phi) is 5.76. The quantitative estimate of drug-likeness (QED) is 0.334. The van der Waals surface area contributed by atoms with Crippen LogP contribution in [-0.2, 0) is 4.79 Å². The van der Waals surface area contributed by atoms with Crippen LogP contribution in [-0.4, -0.2) is 20.7 Å². The summed E-state index contributed by atoms with van der Waals surface area (Å²) in [5.74, 6) is 0.702. The van der Waals surface area contributed by atoms with Gasteiger partial charge in [-0.3, -0.25) is 9.59 Å². The van der Waals surface area contributed by atoms with E-state index in [2.05, 4.69) is 29.5 Å². The highest BCUT2D eigenvalue weighted by molar-refractivity contribution is 6.01. The molecule has 0 atom stereocenters. The second-order valence-electron chi connectivity index (χ2n) is 9.20. The maximum Gasteiger partial charge on any atom is 0.249 e. The topological polar surface area (TPSA) is 90.0 Å². The van der Waals surface area contributed by atoms with Crippen molar-refractivity contribution in [2.45, 2.75) is 34.6 Å². The lowest BCUT2D eigenvalue weighted by molar-refractivity contribution is -0.111. The van der Waals surface area contributed by atoms with Crippen LogP contribution in [0.5, 0.6) is 0 Å². The molecule has 0 aliphatic heterocycles. The molecule has 7 heteroatoms. The van der Waals surface area contributed by atoms with Gasteiger partial charge in [0, 0.05) is 17.5 Å². The van der Waals surface area contributed by atoms with E-state index < -0.39 is 5.91 Å². The van der Waals surface area contributed by atoms with E-state index in [1.165, 1.54) is 24.0 Å². The lowest BCUT2D eigenvalue weighted by Gasteiger charge is -2.12. The summed E-state index contributed by atoms with van der Waals surface area (Å²) in [6.45, 7) is 9.92. The number of hydrogen-bond donors (Lipinski definition) is 1. The van der Waals surface area contributed by atoms with Gasteiger partial charge in [-0.2, -0.15) is 9.78 Å². The van der Waals surface area contributed by atoms with Gasteiger partial charge in [0.25, 0.3) is 0 Å². The van der Waals surface area contributed by atoms with Gasteiger partial charge in [-0.05, 0) is 76.1 Å². The number of rotatable bonds is 4. The number of carbonyl (C=O) groups excluding carboxylic acids is 1. The molecule has 3 heterocycles. The number of carbonyl (C=O) groups is 1. The van der Waals surface area contributed by atoms with Gasteiger partial charge in [-0.1, -0.05) is 23.3 Å². The molecule has 36 heavy (non-hydrogen) atoms. The number of amides is 1. The SMILES string of the molecule is Cc1cc(C)c2nc(-n3nc(C)cc3NC(=O)/C=C/c3coc4ccc(C)cc4c3=O)cc(C)c2c1. The second-order valence-corrected chi connectivity index (χ2v) is 9.20. The largest absolute Gasteiger partial charge is 0.463 e. The summed E-state index contributed by atoms with van der Waals surface area (Å²) in [7, 11) is 0. The first kappa shape index (κ1) is 23.2. The van der Waals surface area contributed by atoms with Crippen molar-refractivity contribution in [2.75, 3.05) is 5.32 Å². The zero-order chi connectivity index (χ0) is 25.6. The highest BCUT2D eigenvalue weighted by Gasteiger charge is 2.14. The number of hydrogen-bond acceptors (Lipinski definition) is 5. The number of nitrogens with zero attached hydrogens (tertiary/aromatic N) is 3. The minimum atomic E-state index is -0.399. The van der Waals surface area contributed by atoms with E-state index in [1.54, 1.807) is 22.9 Å². The Morgan fingerprint density at radius 1 is 0.944 bits per heavy atom. The molecule has 0 fully saturated rings. The Labute approximate surface area is 208 Å². The zero-order valence-electron chi connectivity index (χ0n) is 20.8. The average Bonchev–Trinajstić information content (AvgIpc) is 3.19. The molecule has 0 saturated carbocycles. The summed E-state index contributed by atoms with van der Waals surface area (Å²) in [5.41, 5.74) is 6.55. The second kappa shape index (κ2) is 8.92. The lowest BCUT2D eigenvalue weighted by atomic mass is 10.0. The van der Waals surface area contributed by atoms with Crippen LogP contribution >= 0.6 is 0 Å². The van der Waals surface area contributed by atoms with Crippen molar-refractivity contribution < 1.29 is 9.21 Å². The summed E-state index contributed by atoms with van der Waals surface area (Å²) in [5, 5.41) is 8.99. The number of benzene rings is 2. The van der Waals surface area contributed by atoms with E-state index in [4.69, 9.17) is 9.40 Å². The Morgan fingerprint density at radius 2 is 1.72 bits per heavy atom. The Bertz CT molecular complexity index is 1760. The van der Waals surface area contributed by atoms with Crippen LogP contribution in [0.3, 0.4) is 0 Å². The monoisotopic (exact) mass is 478 g/mol. The molecule has 2 aromatic carbocycles. The minimum absolute atomic E-state index is 0.189. The predicted octanol–water partition coefficient (Wildman–Crippen LogP) is 5.72. The Hall–Kier alpha value is -4.52. The summed E-state index contributed by atoms with van der Waals surface area (Å²) in [4.78, 5) is 30.4. The van der Waals surface area contributed by atoms with Crippen LogP contribution in [0.2, 0.25) is 0 Å². The van der Waals surface area contributed by atoms with Crippen LogP contribution in [0.15, 0.2) is 64.0 Å². The molecule has 0 aliphatic rings. The van der Waals surface area contributed by atoms with Crippen LogP contribution < -0.4 is 10.7 Å². The summed E-state index contributed by atoms with van der Waals surface area (Å²) >= 11 is 0. The van der Waals surface area contributed by atoms with E-state index >= 15 is 0 Å². The van der Waals surface area contributed by atoms with E-state index in [0.717, 1.165) is 33.3 Å².